The highest BCUT2D eigenvalue weighted by molar-refractivity contribution is 6.15. The van der Waals surface area contributed by atoms with E-state index in [4.69, 9.17) is 9.47 Å². The van der Waals surface area contributed by atoms with Gasteiger partial charge in [-0.3, -0.25) is 0 Å². The number of hydrogen-bond donors (Lipinski definition) is 2. The van der Waals surface area contributed by atoms with E-state index in [0.29, 0.717) is 0 Å². The first kappa shape index (κ1) is 19.5. The predicted octanol–water partition coefficient (Wildman–Crippen LogP) is 4.33. The van der Waals surface area contributed by atoms with E-state index < -0.39 is 17.7 Å². The van der Waals surface area contributed by atoms with Gasteiger partial charge in [0.2, 0.25) is 0 Å². The van der Waals surface area contributed by atoms with E-state index in [-0.39, 0.29) is 11.0 Å². The molecule has 30 heavy (non-hydrogen) atoms. The summed E-state index contributed by atoms with van der Waals surface area (Å²) < 4.78 is 10.4. The van der Waals surface area contributed by atoms with Crippen molar-refractivity contribution in [1.82, 2.24) is 0 Å². The lowest BCUT2D eigenvalue weighted by Crippen LogP contribution is -2.48. The Bertz CT molecular complexity index is 876. The van der Waals surface area contributed by atoms with Crippen molar-refractivity contribution in [3.05, 3.63) is 35.5 Å². The third-order valence-corrected chi connectivity index (χ3v) is 7.43. The molecule has 4 aliphatic carbocycles. The molecule has 4 saturated carbocycles. The van der Waals surface area contributed by atoms with Gasteiger partial charge in [0.1, 0.15) is 0 Å². The van der Waals surface area contributed by atoms with E-state index in [1.807, 2.05) is 7.05 Å². The topological polar surface area (TPSA) is 76.7 Å². The number of anilines is 2. The molecule has 0 unspecified atom stereocenters. The van der Waals surface area contributed by atoms with Crippen LogP contribution >= 0.6 is 0 Å². The summed E-state index contributed by atoms with van der Waals surface area (Å²) in [6, 6.07) is 6.54. The average molecular weight is 411 g/mol. The minimum atomic E-state index is -1.24. The normalized spacial score (nSPS) is 33.7. The summed E-state index contributed by atoms with van der Waals surface area (Å²) in [6.45, 7) is 3.09. The molecule has 1 aliphatic heterocycles. The van der Waals surface area contributed by atoms with E-state index >= 15 is 0 Å². The summed E-state index contributed by atoms with van der Waals surface area (Å²) in [5, 5.41) is 6.36. The fraction of sp³-hybridized carbons (Fsp3) is 0.583. The lowest BCUT2D eigenvalue weighted by Gasteiger charge is -2.57. The van der Waals surface area contributed by atoms with E-state index in [9.17, 15) is 9.59 Å². The Kier molecular flexibility index (Phi) is 4.38. The van der Waals surface area contributed by atoms with E-state index in [2.05, 4.69) is 28.8 Å². The smallest absolute Gasteiger partial charge is 0.350 e. The second-order valence-electron chi connectivity index (χ2n) is 10.1. The number of hydrogen-bond acceptors (Lipinski definition) is 6. The molecule has 0 amide bonds. The van der Waals surface area contributed by atoms with Crippen molar-refractivity contribution < 1.29 is 19.1 Å². The molecule has 0 aromatic heterocycles. The minimum Gasteiger partial charge on any atom is -0.419 e. The summed E-state index contributed by atoms with van der Waals surface area (Å²) in [5.74, 6) is 0.0238. The molecule has 1 saturated heterocycles. The Hall–Kier alpha value is -2.50. The monoisotopic (exact) mass is 410 g/mol. The lowest BCUT2D eigenvalue weighted by atomic mass is 9.48. The summed E-state index contributed by atoms with van der Waals surface area (Å²) in [4.78, 5) is 24.5. The minimum absolute atomic E-state index is 0.128. The molecule has 5 aliphatic rings. The largest absolute Gasteiger partial charge is 0.419 e. The van der Waals surface area contributed by atoms with Gasteiger partial charge in [-0.25, -0.2) is 9.59 Å². The number of esters is 2. The number of cyclic esters (lactones) is 2. The van der Waals surface area contributed by atoms with Gasteiger partial charge < -0.3 is 20.1 Å². The van der Waals surface area contributed by atoms with Gasteiger partial charge in [0, 0.05) is 27.1 Å². The molecule has 0 radical (unpaired) electrons. The molecule has 1 aromatic rings. The Balaban J connectivity index is 1.43. The van der Waals surface area contributed by atoms with Crippen LogP contribution in [0.4, 0.5) is 11.4 Å². The second kappa shape index (κ2) is 6.76. The SMILES string of the molecule is CNc1ccc(C23CC4CC(CC(C4)C2)C3)cc1NC=C1C(=O)OC(C)(C)OC1=O. The zero-order valence-corrected chi connectivity index (χ0v) is 17.9. The van der Waals surface area contributed by atoms with Gasteiger partial charge in [0.05, 0.1) is 11.4 Å². The Morgan fingerprint density at radius 2 is 1.50 bits per heavy atom. The highest BCUT2D eigenvalue weighted by Gasteiger charge is 2.51. The summed E-state index contributed by atoms with van der Waals surface area (Å²) >= 11 is 0. The fourth-order valence-electron chi connectivity index (χ4n) is 6.60. The maximum atomic E-state index is 12.2. The van der Waals surface area contributed by atoms with E-state index in [1.165, 1.54) is 50.3 Å². The van der Waals surface area contributed by atoms with Crippen LogP contribution < -0.4 is 10.6 Å². The molecular weight excluding hydrogens is 380 g/mol. The van der Waals surface area contributed by atoms with Crippen LogP contribution in [0.1, 0.15) is 57.9 Å². The van der Waals surface area contributed by atoms with Gasteiger partial charge in [0.15, 0.2) is 5.57 Å². The number of carbonyl (C=O) groups is 2. The molecule has 6 heteroatoms. The van der Waals surface area contributed by atoms with Gasteiger partial charge in [-0.2, -0.15) is 0 Å². The van der Waals surface area contributed by atoms with Crippen molar-refractivity contribution in [2.45, 2.75) is 63.6 Å². The van der Waals surface area contributed by atoms with Gasteiger partial charge >= 0.3 is 11.9 Å². The van der Waals surface area contributed by atoms with Gasteiger partial charge in [-0.05, 0) is 79.4 Å². The Morgan fingerprint density at radius 3 is 2.03 bits per heavy atom. The Labute approximate surface area is 177 Å². The van der Waals surface area contributed by atoms with Crippen LogP contribution in [0.5, 0.6) is 0 Å². The highest BCUT2D eigenvalue weighted by Crippen LogP contribution is 2.61. The second-order valence-corrected chi connectivity index (χ2v) is 10.1. The van der Waals surface area contributed by atoms with Crippen molar-refractivity contribution in [3.8, 4) is 0 Å². The molecule has 2 N–H and O–H groups in total. The Morgan fingerprint density at radius 1 is 0.933 bits per heavy atom. The quantitative estimate of drug-likeness (QED) is 0.437. The average Bonchev–Trinajstić information content (AvgIpc) is 2.65. The van der Waals surface area contributed by atoms with Gasteiger partial charge in [0.25, 0.3) is 5.79 Å². The summed E-state index contributed by atoms with van der Waals surface area (Å²) in [7, 11) is 1.86. The zero-order valence-electron chi connectivity index (χ0n) is 17.9. The van der Waals surface area contributed by atoms with Gasteiger partial charge in [-0.1, -0.05) is 6.07 Å². The van der Waals surface area contributed by atoms with Crippen LogP contribution in [0.25, 0.3) is 0 Å². The summed E-state index contributed by atoms with van der Waals surface area (Å²) in [6.07, 6.45) is 9.48. The van der Waals surface area contributed by atoms with Crippen molar-refractivity contribution in [2.75, 3.05) is 17.7 Å². The molecule has 1 aromatic carbocycles. The van der Waals surface area contributed by atoms with Crippen LogP contribution in [-0.4, -0.2) is 24.8 Å². The maximum absolute atomic E-state index is 12.2. The van der Waals surface area contributed by atoms with Crippen LogP contribution in [0.3, 0.4) is 0 Å². The van der Waals surface area contributed by atoms with Crippen LogP contribution in [-0.2, 0) is 24.5 Å². The third kappa shape index (κ3) is 3.26. The van der Waals surface area contributed by atoms with E-state index in [1.54, 1.807) is 13.8 Å². The van der Waals surface area contributed by atoms with E-state index in [0.717, 1.165) is 29.1 Å². The van der Waals surface area contributed by atoms with Crippen molar-refractivity contribution in [1.29, 1.82) is 0 Å². The number of carbonyl (C=O) groups excluding carboxylic acids is 2. The molecule has 6 rings (SSSR count). The molecule has 0 atom stereocenters. The number of rotatable bonds is 4. The zero-order chi connectivity index (χ0) is 21.1. The first-order valence-electron chi connectivity index (χ1n) is 11.0. The number of nitrogens with one attached hydrogen (secondary N) is 2. The van der Waals surface area contributed by atoms with Gasteiger partial charge in [-0.15, -0.1) is 0 Å². The maximum Gasteiger partial charge on any atom is 0.350 e. The molecule has 0 spiro atoms. The standard InChI is InChI=1S/C24H30N2O4/c1-23(2)29-21(27)18(22(28)30-23)13-26-20-9-17(4-5-19(20)25-3)24-10-14-6-15(11-24)8-16(7-14)12-24/h4-5,9,13-16,25-26H,6-8,10-12H2,1-3H3. The molecular formula is C24H30N2O4. The molecule has 6 nitrogen and oxygen atoms in total. The molecule has 1 heterocycles. The van der Waals surface area contributed by atoms with Crippen molar-refractivity contribution in [2.24, 2.45) is 17.8 Å². The first-order chi connectivity index (χ1) is 14.3. The number of benzene rings is 1. The van der Waals surface area contributed by atoms with Crippen LogP contribution in [0.2, 0.25) is 0 Å². The van der Waals surface area contributed by atoms with Crippen LogP contribution in [0.15, 0.2) is 30.0 Å². The number of ether oxygens (including phenoxy) is 2. The first-order valence-corrected chi connectivity index (χ1v) is 11.0. The molecule has 5 fully saturated rings. The van der Waals surface area contributed by atoms with Crippen molar-refractivity contribution >= 4 is 23.3 Å². The summed E-state index contributed by atoms with van der Waals surface area (Å²) in [5.41, 5.74) is 3.28. The molecule has 160 valence electrons. The molecule has 4 bridgehead atoms. The van der Waals surface area contributed by atoms with Crippen LogP contribution in [0, 0.1) is 17.8 Å². The predicted molar refractivity (Wildman–Crippen MR) is 114 cm³/mol. The highest BCUT2D eigenvalue weighted by atomic mass is 16.7. The third-order valence-electron chi connectivity index (χ3n) is 7.43. The van der Waals surface area contributed by atoms with Crippen molar-refractivity contribution in [3.63, 3.8) is 0 Å². The lowest BCUT2D eigenvalue weighted by molar-refractivity contribution is -0.222. The fourth-order valence-corrected chi connectivity index (χ4v) is 6.60.